The summed E-state index contributed by atoms with van der Waals surface area (Å²) in [6, 6.07) is 9.57. The number of aliphatic hydroxyl groups excluding tert-OH is 1. The Morgan fingerprint density at radius 3 is 2.57 bits per heavy atom. The van der Waals surface area contributed by atoms with E-state index >= 15 is 0 Å². The van der Waals surface area contributed by atoms with Crippen LogP contribution < -0.4 is 0 Å². The van der Waals surface area contributed by atoms with Crippen LogP contribution in [-0.4, -0.2) is 16.5 Å². The summed E-state index contributed by atoms with van der Waals surface area (Å²) < 4.78 is 0. The quantitative estimate of drug-likeness (QED) is 0.774. The Labute approximate surface area is 88.6 Å². The molecule has 1 N–H and O–H groups in total. The number of nitrogens with zero attached hydrogens (tertiary/aromatic N) is 1. The van der Waals surface area contributed by atoms with Crippen molar-refractivity contribution in [3.8, 4) is 6.07 Å². The van der Waals surface area contributed by atoms with Crippen molar-refractivity contribution in [1.29, 1.82) is 5.26 Å². The molecule has 1 rings (SSSR count). The fraction of sp³-hybridized carbons (Fsp3) is 0.364. The molecule has 1 aromatic rings. The number of nitriles is 1. The van der Waals surface area contributed by atoms with Crippen molar-refractivity contribution in [1.82, 2.24) is 0 Å². The van der Waals surface area contributed by atoms with Crippen LogP contribution in [0, 0.1) is 11.3 Å². The SMILES string of the molecule is CC(O)C(C)Sc1ccccc1C#N. The van der Waals surface area contributed by atoms with E-state index in [1.54, 1.807) is 13.0 Å². The molecule has 0 saturated carbocycles. The first kappa shape index (κ1) is 11.1. The molecule has 3 heteroatoms. The summed E-state index contributed by atoms with van der Waals surface area (Å²) >= 11 is 1.53. The zero-order valence-electron chi connectivity index (χ0n) is 8.27. The third-order valence-electron chi connectivity index (χ3n) is 2.00. The van der Waals surface area contributed by atoms with E-state index in [9.17, 15) is 5.11 Å². The monoisotopic (exact) mass is 207 g/mol. The molecular weight excluding hydrogens is 194 g/mol. The summed E-state index contributed by atoms with van der Waals surface area (Å²) in [5.74, 6) is 0. The van der Waals surface area contributed by atoms with Crippen LogP contribution in [0.2, 0.25) is 0 Å². The predicted octanol–water partition coefficient (Wildman–Crippen LogP) is 2.42. The smallest absolute Gasteiger partial charge is 0.100 e. The van der Waals surface area contributed by atoms with Crippen LogP contribution in [0.15, 0.2) is 29.2 Å². The molecule has 1 aromatic carbocycles. The topological polar surface area (TPSA) is 44.0 Å². The molecule has 0 fully saturated rings. The number of hydrogen-bond donors (Lipinski definition) is 1. The average molecular weight is 207 g/mol. The van der Waals surface area contributed by atoms with Gasteiger partial charge >= 0.3 is 0 Å². The van der Waals surface area contributed by atoms with Gasteiger partial charge in [0.25, 0.3) is 0 Å². The van der Waals surface area contributed by atoms with Crippen molar-refractivity contribution < 1.29 is 5.11 Å². The molecule has 2 unspecified atom stereocenters. The van der Waals surface area contributed by atoms with Crippen LogP contribution in [-0.2, 0) is 0 Å². The highest BCUT2D eigenvalue weighted by Gasteiger charge is 2.12. The van der Waals surface area contributed by atoms with E-state index in [4.69, 9.17) is 5.26 Å². The zero-order valence-corrected chi connectivity index (χ0v) is 9.08. The lowest BCUT2D eigenvalue weighted by Gasteiger charge is -2.14. The number of benzene rings is 1. The van der Waals surface area contributed by atoms with Crippen molar-refractivity contribution in [3.63, 3.8) is 0 Å². The molecular formula is C11H13NOS. The van der Waals surface area contributed by atoms with Crippen molar-refractivity contribution in [2.45, 2.75) is 30.1 Å². The van der Waals surface area contributed by atoms with Crippen molar-refractivity contribution >= 4 is 11.8 Å². The van der Waals surface area contributed by atoms with Crippen LogP contribution >= 0.6 is 11.8 Å². The minimum Gasteiger partial charge on any atom is -0.392 e. The summed E-state index contributed by atoms with van der Waals surface area (Å²) in [5.41, 5.74) is 0.671. The Morgan fingerprint density at radius 1 is 1.36 bits per heavy atom. The van der Waals surface area contributed by atoms with Gasteiger partial charge in [-0.25, -0.2) is 0 Å². The highest BCUT2D eigenvalue weighted by molar-refractivity contribution is 8.00. The third kappa shape index (κ3) is 2.76. The maximum atomic E-state index is 9.34. The van der Waals surface area contributed by atoms with E-state index in [2.05, 4.69) is 6.07 Å². The maximum absolute atomic E-state index is 9.34. The van der Waals surface area contributed by atoms with E-state index < -0.39 is 0 Å². The first-order chi connectivity index (χ1) is 6.65. The van der Waals surface area contributed by atoms with E-state index in [-0.39, 0.29) is 11.4 Å². The Morgan fingerprint density at radius 2 is 2.00 bits per heavy atom. The van der Waals surface area contributed by atoms with Gasteiger partial charge in [0.05, 0.1) is 11.7 Å². The Balaban J connectivity index is 2.82. The van der Waals surface area contributed by atoms with Gasteiger partial charge in [-0.05, 0) is 19.1 Å². The Bertz CT molecular complexity index is 343. The molecule has 2 atom stereocenters. The van der Waals surface area contributed by atoms with Crippen LogP contribution in [0.5, 0.6) is 0 Å². The van der Waals surface area contributed by atoms with Gasteiger partial charge in [-0.2, -0.15) is 5.26 Å². The molecule has 0 aliphatic heterocycles. The first-order valence-corrected chi connectivity index (χ1v) is 5.37. The van der Waals surface area contributed by atoms with Gasteiger partial charge in [0.1, 0.15) is 6.07 Å². The standard InChI is InChI=1S/C11H13NOS/c1-8(13)9(2)14-11-6-4-3-5-10(11)7-12/h3-6,8-9,13H,1-2H3. The van der Waals surface area contributed by atoms with Gasteiger partial charge in [-0.1, -0.05) is 19.1 Å². The lowest BCUT2D eigenvalue weighted by molar-refractivity contribution is 0.196. The fourth-order valence-electron chi connectivity index (χ4n) is 0.961. The molecule has 0 spiro atoms. The number of thioether (sulfide) groups is 1. The van der Waals surface area contributed by atoms with Gasteiger partial charge in [0, 0.05) is 10.1 Å². The molecule has 0 aromatic heterocycles. The normalized spacial score (nSPS) is 14.4. The minimum atomic E-state index is -0.369. The van der Waals surface area contributed by atoms with E-state index in [0.717, 1.165) is 4.90 Å². The molecule has 0 heterocycles. The summed E-state index contributed by atoms with van der Waals surface area (Å²) in [6.45, 7) is 3.70. The molecule has 14 heavy (non-hydrogen) atoms. The van der Waals surface area contributed by atoms with E-state index in [1.807, 2.05) is 25.1 Å². The molecule has 0 aliphatic rings. The van der Waals surface area contributed by atoms with Crippen molar-refractivity contribution in [2.75, 3.05) is 0 Å². The Hall–Kier alpha value is -0.980. The fourth-order valence-corrected chi connectivity index (χ4v) is 1.96. The molecule has 0 bridgehead atoms. The van der Waals surface area contributed by atoms with Crippen molar-refractivity contribution in [2.24, 2.45) is 0 Å². The number of rotatable bonds is 3. The Kier molecular flexibility index (Phi) is 3.99. The number of aliphatic hydroxyl groups is 1. The lowest BCUT2D eigenvalue weighted by Crippen LogP contribution is -2.15. The summed E-state index contributed by atoms with van der Waals surface area (Å²) in [4.78, 5) is 0.934. The van der Waals surface area contributed by atoms with Crippen LogP contribution in [0.3, 0.4) is 0 Å². The molecule has 0 aliphatic carbocycles. The molecule has 74 valence electrons. The van der Waals surface area contributed by atoms with Gasteiger partial charge in [-0.15, -0.1) is 11.8 Å². The van der Waals surface area contributed by atoms with Gasteiger partial charge in [0.2, 0.25) is 0 Å². The van der Waals surface area contributed by atoms with E-state index in [1.165, 1.54) is 11.8 Å². The lowest BCUT2D eigenvalue weighted by atomic mass is 10.2. The van der Waals surface area contributed by atoms with Gasteiger partial charge < -0.3 is 5.11 Å². The third-order valence-corrected chi connectivity index (χ3v) is 3.38. The highest BCUT2D eigenvalue weighted by Crippen LogP contribution is 2.27. The van der Waals surface area contributed by atoms with Crippen LogP contribution in [0.1, 0.15) is 19.4 Å². The summed E-state index contributed by atoms with van der Waals surface area (Å²) in [7, 11) is 0. The van der Waals surface area contributed by atoms with Crippen LogP contribution in [0.4, 0.5) is 0 Å². The second kappa shape index (κ2) is 5.04. The number of hydrogen-bond acceptors (Lipinski definition) is 3. The van der Waals surface area contributed by atoms with Crippen LogP contribution in [0.25, 0.3) is 0 Å². The maximum Gasteiger partial charge on any atom is 0.100 e. The molecule has 0 saturated heterocycles. The zero-order chi connectivity index (χ0) is 10.6. The van der Waals surface area contributed by atoms with Gasteiger partial charge in [0.15, 0.2) is 0 Å². The molecule has 2 nitrogen and oxygen atoms in total. The molecule has 0 amide bonds. The minimum absolute atomic E-state index is 0.101. The average Bonchev–Trinajstić information content (AvgIpc) is 2.18. The largest absolute Gasteiger partial charge is 0.392 e. The summed E-state index contributed by atoms with van der Waals surface area (Å²) in [6.07, 6.45) is -0.369. The van der Waals surface area contributed by atoms with Crippen molar-refractivity contribution in [3.05, 3.63) is 29.8 Å². The second-order valence-electron chi connectivity index (χ2n) is 3.17. The highest BCUT2D eigenvalue weighted by atomic mass is 32.2. The van der Waals surface area contributed by atoms with E-state index in [0.29, 0.717) is 5.56 Å². The summed E-state index contributed by atoms with van der Waals surface area (Å²) in [5, 5.41) is 18.3. The first-order valence-electron chi connectivity index (χ1n) is 4.49. The molecule has 0 radical (unpaired) electrons. The second-order valence-corrected chi connectivity index (χ2v) is 4.59. The van der Waals surface area contributed by atoms with Gasteiger partial charge in [-0.3, -0.25) is 0 Å². The predicted molar refractivity (Wildman–Crippen MR) is 58.2 cm³/mol.